The van der Waals surface area contributed by atoms with Crippen molar-refractivity contribution in [3.05, 3.63) is 59.7 Å². The van der Waals surface area contributed by atoms with E-state index in [-0.39, 0.29) is 11.3 Å². The number of amides is 1. The Bertz CT molecular complexity index is 673. The van der Waals surface area contributed by atoms with E-state index in [0.29, 0.717) is 11.3 Å². The van der Waals surface area contributed by atoms with E-state index in [4.69, 9.17) is 10.5 Å². The highest BCUT2D eigenvalue weighted by atomic mass is 16.5. The van der Waals surface area contributed by atoms with Crippen LogP contribution in [0, 0.1) is 0 Å². The molecule has 3 N–H and O–H groups in total. The van der Waals surface area contributed by atoms with Crippen molar-refractivity contribution in [3.63, 3.8) is 0 Å². The summed E-state index contributed by atoms with van der Waals surface area (Å²) < 4.78 is 5.26. The maximum atomic E-state index is 12.4. The van der Waals surface area contributed by atoms with Crippen LogP contribution in [-0.4, -0.2) is 13.0 Å². The van der Waals surface area contributed by atoms with E-state index >= 15 is 0 Å². The fourth-order valence-corrected chi connectivity index (χ4v) is 2.34. The maximum absolute atomic E-state index is 12.4. The molecule has 2 aromatic rings. The van der Waals surface area contributed by atoms with Gasteiger partial charge in [-0.25, -0.2) is 0 Å². The molecule has 2 rings (SSSR count). The number of methoxy groups -OCH3 is 1. The molecule has 122 valence electrons. The van der Waals surface area contributed by atoms with Gasteiger partial charge in [0.25, 0.3) is 0 Å². The SMILES string of the molecule is COc1ccccc1[C@@H](N)C(=O)Nc1ccc(C(C)(C)C)cc1. The van der Waals surface area contributed by atoms with Gasteiger partial charge in [0.2, 0.25) is 5.91 Å². The molecule has 1 amide bonds. The zero-order valence-corrected chi connectivity index (χ0v) is 14.1. The first-order valence-electron chi connectivity index (χ1n) is 7.63. The molecule has 0 aliphatic heterocycles. The summed E-state index contributed by atoms with van der Waals surface area (Å²) in [6.45, 7) is 6.45. The molecule has 0 heterocycles. The zero-order chi connectivity index (χ0) is 17.0. The normalized spacial score (nSPS) is 12.6. The van der Waals surface area contributed by atoms with Crippen LogP contribution in [0.5, 0.6) is 5.75 Å². The monoisotopic (exact) mass is 312 g/mol. The van der Waals surface area contributed by atoms with Gasteiger partial charge < -0.3 is 15.8 Å². The minimum absolute atomic E-state index is 0.0797. The Balaban J connectivity index is 2.12. The number of carbonyl (C=O) groups excluding carboxylic acids is 1. The number of anilines is 1. The number of hydrogen-bond donors (Lipinski definition) is 2. The van der Waals surface area contributed by atoms with Crippen LogP contribution in [0.15, 0.2) is 48.5 Å². The molecular weight excluding hydrogens is 288 g/mol. The topological polar surface area (TPSA) is 64.3 Å². The fourth-order valence-electron chi connectivity index (χ4n) is 2.34. The Hall–Kier alpha value is -2.33. The molecule has 2 aromatic carbocycles. The van der Waals surface area contributed by atoms with Gasteiger partial charge in [0.15, 0.2) is 0 Å². The number of hydrogen-bond acceptors (Lipinski definition) is 3. The van der Waals surface area contributed by atoms with Crippen molar-refractivity contribution in [2.24, 2.45) is 5.73 Å². The van der Waals surface area contributed by atoms with Gasteiger partial charge in [-0.2, -0.15) is 0 Å². The van der Waals surface area contributed by atoms with Crippen molar-refractivity contribution in [2.75, 3.05) is 12.4 Å². The van der Waals surface area contributed by atoms with Crippen LogP contribution in [-0.2, 0) is 10.2 Å². The molecule has 4 nitrogen and oxygen atoms in total. The van der Waals surface area contributed by atoms with Crippen LogP contribution in [0.4, 0.5) is 5.69 Å². The predicted octanol–water partition coefficient (Wildman–Crippen LogP) is 3.63. The third kappa shape index (κ3) is 4.11. The van der Waals surface area contributed by atoms with Gasteiger partial charge in [0, 0.05) is 11.3 Å². The van der Waals surface area contributed by atoms with Gasteiger partial charge in [-0.3, -0.25) is 4.79 Å². The molecule has 0 bridgehead atoms. The van der Waals surface area contributed by atoms with E-state index in [1.807, 2.05) is 36.4 Å². The number of nitrogens with two attached hydrogens (primary N) is 1. The molecule has 0 spiro atoms. The first-order chi connectivity index (χ1) is 10.8. The largest absolute Gasteiger partial charge is 0.496 e. The number of para-hydroxylation sites is 1. The molecular formula is C19H24N2O2. The summed E-state index contributed by atoms with van der Waals surface area (Å²) in [5.74, 6) is 0.344. The molecule has 0 unspecified atom stereocenters. The lowest BCUT2D eigenvalue weighted by Crippen LogP contribution is -2.28. The van der Waals surface area contributed by atoms with Gasteiger partial charge in [-0.05, 0) is 29.2 Å². The molecule has 0 aliphatic carbocycles. The Kier molecular flexibility index (Phi) is 5.06. The van der Waals surface area contributed by atoms with Gasteiger partial charge in [0.05, 0.1) is 7.11 Å². The smallest absolute Gasteiger partial charge is 0.246 e. The molecule has 0 aliphatic rings. The average molecular weight is 312 g/mol. The predicted molar refractivity (Wildman–Crippen MR) is 93.7 cm³/mol. The van der Waals surface area contributed by atoms with Gasteiger partial charge in [0.1, 0.15) is 11.8 Å². The first-order valence-corrected chi connectivity index (χ1v) is 7.63. The maximum Gasteiger partial charge on any atom is 0.246 e. The molecule has 23 heavy (non-hydrogen) atoms. The van der Waals surface area contributed by atoms with Crippen LogP contribution in [0.2, 0.25) is 0 Å². The Morgan fingerprint density at radius 1 is 1.09 bits per heavy atom. The second-order valence-corrected chi connectivity index (χ2v) is 6.54. The van der Waals surface area contributed by atoms with Crippen LogP contribution in [0.25, 0.3) is 0 Å². The molecule has 4 heteroatoms. The van der Waals surface area contributed by atoms with E-state index in [1.54, 1.807) is 19.2 Å². The van der Waals surface area contributed by atoms with Crippen molar-refractivity contribution in [3.8, 4) is 5.75 Å². The molecule has 1 atom stereocenters. The summed E-state index contributed by atoms with van der Waals surface area (Å²) in [4.78, 5) is 12.4. The summed E-state index contributed by atoms with van der Waals surface area (Å²) in [6, 6.07) is 14.3. The van der Waals surface area contributed by atoms with Crippen LogP contribution >= 0.6 is 0 Å². The molecule has 0 fully saturated rings. The van der Waals surface area contributed by atoms with E-state index < -0.39 is 6.04 Å². The first kappa shape index (κ1) is 17.0. The minimum atomic E-state index is -0.784. The summed E-state index contributed by atoms with van der Waals surface area (Å²) >= 11 is 0. The zero-order valence-electron chi connectivity index (χ0n) is 14.1. The molecule has 0 radical (unpaired) electrons. The van der Waals surface area contributed by atoms with Gasteiger partial charge >= 0.3 is 0 Å². The second-order valence-electron chi connectivity index (χ2n) is 6.54. The second kappa shape index (κ2) is 6.84. The van der Waals surface area contributed by atoms with Gasteiger partial charge in [-0.15, -0.1) is 0 Å². The van der Waals surface area contributed by atoms with Gasteiger partial charge in [-0.1, -0.05) is 51.1 Å². The van der Waals surface area contributed by atoms with Crippen molar-refractivity contribution in [2.45, 2.75) is 32.2 Å². The summed E-state index contributed by atoms with van der Waals surface area (Å²) in [5, 5.41) is 2.85. The molecule has 0 aromatic heterocycles. The van der Waals surface area contributed by atoms with Crippen LogP contribution in [0.3, 0.4) is 0 Å². The van der Waals surface area contributed by atoms with E-state index in [9.17, 15) is 4.79 Å². The van der Waals surface area contributed by atoms with Crippen molar-refractivity contribution < 1.29 is 9.53 Å². The summed E-state index contributed by atoms with van der Waals surface area (Å²) in [5.41, 5.74) is 8.76. The molecule has 0 saturated carbocycles. The standard InChI is InChI=1S/C19H24N2O2/c1-19(2,3)13-9-11-14(12-10-13)21-18(22)17(20)15-7-5-6-8-16(15)23-4/h5-12,17H,20H2,1-4H3,(H,21,22)/t17-/m1/s1. The Labute approximate surface area is 137 Å². The average Bonchev–Trinajstić information content (AvgIpc) is 2.53. The van der Waals surface area contributed by atoms with E-state index in [2.05, 4.69) is 26.1 Å². The molecule has 0 saturated heterocycles. The van der Waals surface area contributed by atoms with Crippen LogP contribution in [0.1, 0.15) is 37.9 Å². The lowest BCUT2D eigenvalue weighted by molar-refractivity contribution is -0.117. The van der Waals surface area contributed by atoms with Crippen LogP contribution < -0.4 is 15.8 Å². The fraction of sp³-hybridized carbons (Fsp3) is 0.316. The van der Waals surface area contributed by atoms with E-state index in [1.165, 1.54) is 5.56 Å². The highest BCUT2D eigenvalue weighted by molar-refractivity contribution is 5.95. The third-order valence-corrected chi connectivity index (χ3v) is 3.77. The minimum Gasteiger partial charge on any atom is -0.496 e. The highest BCUT2D eigenvalue weighted by Crippen LogP contribution is 2.26. The van der Waals surface area contributed by atoms with E-state index in [0.717, 1.165) is 5.69 Å². The lowest BCUT2D eigenvalue weighted by atomic mass is 9.87. The lowest BCUT2D eigenvalue weighted by Gasteiger charge is -2.20. The quantitative estimate of drug-likeness (QED) is 0.906. The number of benzene rings is 2. The third-order valence-electron chi connectivity index (χ3n) is 3.77. The summed E-state index contributed by atoms with van der Waals surface area (Å²) in [7, 11) is 1.56. The van der Waals surface area contributed by atoms with Crippen molar-refractivity contribution in [1.82, 2.24) is 0 Å². The van der Waals surface area contributed by atoms with Crippen molar-refractivity contribution >= 4 is 11.6 Å². The Morgan fingerprint density at radius 3 is 2.26 bits per heavy atom. The highest BCUT2D eigenvalue weighted by Gasteiger charge is 2.20. The summed E-state index contributed by atoms with van der Waals surface area (Å²) in [6.07, 6.45) is 0. The number of carbonyl (C=O) groups is 1. The Morgan fingerprint density at radius 2 is 1.70 bits per heavy atom. The number of nitrogens with one attached hydrogen (secondary N) is 1. The number of ether oxygens (including phenoxy) is 1. The van der Waals surface area contributed by atoms with Crippen molar-refractivity contribution in [1.29, 1.82) is 0 Å². The number of rotatable bonds is 4.